The second-order valence-electron chi connectivity index (χ2n) is 6.74. The van der Waals surface area contributed by atoms with Crippen LogP contribution in [0.3, 0.4) is 0 Å². The van der Waals surface area contributed by atoms with Crippen molar-refractivity contribution in [1.82, 2.24) is 19.7 Å². The molecule has 0 unspecified atom stereocenters. The van der Waals surface area contributed by atoms with Gasteiger partial charge in [0.05, 0.1) is 19.3 Å². The van der Waals surface area contributed by atoms with E-state index >= 15 is 0 Å². The van der Waals surface area contributed by atoms with Crippen LogP contribution in [0.5, 0.6) is 5.75 Å². The Hall–Kier alpha value is -2.93. The van der Waals surface area contributed by atoms with Gasteiger partial charge >= 0.3 is 0 Å². The molecule has 3 aromatic rings. The average Bonchev–Trinajstić information content (AvgIpc) is 3.33. The van der Waals surface area contributed by atoms with Crippen LogP contribution in [0.1, 0.15) is 28.4 Å². The number of benzene rings is 1. The number of pyridine rings is 1. The lowest BCUT2D eigenvalue weighted by atomic mass is 10.0. The first-order chi connectivity index (χ1) is 13.2. The van der Waals surface area contributed by atoms with Crippen LogP contribution in [0.2, 0.25) is 0 Å². The first-order valence-electron chi connectivity index (χ1n) is 9.16. The summed E-state index contributed by atoms with van der Waals surface area (Å²) >= 11 is 0. The normalized spacial score (nSPS) is 16.8. The molecular formula is C20H23N5O2. The van der Waals surface area contributed by atoms with Gasteiger partial charge in [0, 0.05) is 42.7 Å². The van der Waals surface area contributed by atoms with Crippen molar-refractivity contribution in [3.63, 3.8) is 0 Å². The van der Waals surface area contributed by atoms with Crippen LogP contribution in [-0.2, 0) is 6.54 Å². The van der Waals surface area contributed by atoms with Crippen LogP contribution in [0.4, 0.5) is 0 Å². The van der Waals surface area contributed by atoms with E-state index in [0.717, 1.165) is 23.1 Å². The Morgan fingerprint density at radius 2 is 2.22 bits per heavy atom. The zero-order chi connectivity index (χ0) is 18.8. The molecule has 0 radical (unpaired) electrons. The van der Waals surface area contributed by atoms with Crippen molar-refractivity contribution in [3.05, 3.63) is 53.9 Å². The number of likely N-dealkylation sites (tertiary alicyclic amines) is 1. The summed E-state index contributed by atoms with van der Waals surface area (Å²) in [7, 11) is 1.60. The zero-order valence-electron chi connectivity index (χ0n) is 15.3. The van der Waals surface area contributed by atoms with Gasteiger partial charge in [-0.3, -0.25) is 4.79 Å². The summed E-state index contributed by atoms with van der Waals surface area (Å²) in [4.78, 5) is 19.2. The van der Waals surface area contributed by atoms with Crippen LogP contribution in [-0.4, -0.2) is 52.3 Å². The van der Waals surface area contributed by atoms with Gasteiger partial charge in [0.25, 0.3) is 5.91 Å². The number of aromatic nitrogens is 3. The largest absolute Gasteiger partial charge is 0.497 e. The molecule has 7 nitrogen and oxygen atoms in total. The Balaban J connectivity index is 1.58. The second-order valence-corrected chi connectivity index (χ2v) is 6.74. The molecule has 1 aliphatic rings. The fourth-order valence-corrected chi connectivity index (χ4v) is 3.72. The number of ether oxygens (including phenoxy) is 1. The Morgan fingerprint density at radius 3 is 3.04 bits per heavy atom. The highest BCUT2D eigenvalue weighted by atomic mass is 16.5. The first kappa shape index (κ1) is 17.5. The maximum Gasteiger partial charge on any atom is 0.254 e. The van der Waals surface area contributed by atoms with Crippen LogP contribution >= 0.6 is 0 Å². The lowest BCUT2D eigenvalue weighted by Crippen LogP contribution is -2.28. The van der Waals surface area contributed by atoms with Crippen molar-refractivity contribution in [3.8, 4) is 5.75 Å². The van der Waals surface area contributed by atoms with E-state index in [0.29, 0.717) is 37.5 Å². The van der Waals surface area contributed by atoms with Crippen molar-refractivity contribution in [2.24, 2.45) is 5.73 Å². The highest BCUT2D eigenvalue weighted by Crippen LogP contribution is 2.32. The number of methoxy groups -OCH3 is 1. The number of carbonyl (C=O) groups is 1. The van der Waals surface area contributed by atoms with Gasteiger partial charge in [0.2, 0.25) is 0 Å². The number of amides is 1. The van der Waals surface area contributed by atoms with Crippen molar-refractivity contribution in [1.29, 1.82) is 0 Å². The molecule has 0 saturated carbocycles. The first-order valence-corrected chi connectivity index (χ1v) is 9.16. The van der Waals surface area contributed by atoms with Gasteiger partial charge in [-0.1, -0.05) is 6.07 Å². The highest BCUT2D eigenvalue weighted by Gasteiger charge is 2.31. The Labute approximate surface area is 157 Å². The fraction of sp³-hybridized carbons (Fsp3) is 0.350. The Morgan fingerprint density at radius 1 is 1.33 bits per heavy atom. The summed E-state index contributed by atoms with van der Waals surface area (Å²) in [5.74, 6) is 0.916. The van der Waals surface area contributed by atoms with Gasteiger partial charge in [0.1, 0.15) is 5.75 Å². The van der Waals surface area contributed by atoms with Crippen LogP contribution in [0, 0.1) is 0 Å². The minimum Gasteiger partial charge on any atom is -0.497 e. The van der Waals surface area contributed by atoms with E-state index in [9.17, 15) is 4.79 Å². The third kappa shape index (κ3) is 3.26. The number of nitrogens with two attached hydrogens (primary N) is 1. The third-order valence-electron chi connectivity index (χ3n) is 5.06. The van der Waals surface area contributed by atoms with Gasteiger partial charge in [-0.15, -0.1) is 0 Å². The van der Waals surface area contributed by atoms with E-state index in [-0.39, 0.29) is 11.8 Å². The lowest BCUT2D eigenvalue weighted by Gasteiger charge is -2.16. The van der Waals surface area contributed by atoms with Gasteiger partial charge in [-0.2, -0.15) is 5.10 Å². The molecule has 0 spiro atoms. The molecule has 7 heteroatoms. The number of hydrogen-bond acceptors (Lipinski definition) is 5. The van der Waals surface area contributed by atoms with E-state index < -0.39 is 0 Å². The van der Waals surface area contributed by atoms with Crippen molar-refractivity contribution in [2.45, 2.75) is 18.9 Å². The highest BCUT2D eigenvalue weighted by molar-refractivity contribution is 5.95. The molecule has 4 rings (SSSR count). The smallest absolute Gasteiger partial charge is 0.254 e. The summed E-state index contributed by atoms with van der Waals surface area (Å²) in [6, 6.07) is 11.3. The predicted octanol–water partition coefficient (Wildman–Crippen LogP) is 2.03. The SMILES string of the molecule is COc1cccc(C(=O)N2CC[C@H](c3nn(CCN)c4ncccc34)C2)c1. The molecular weight excluding hydrogens is 342 g/mol. The number of carbonyl (C=O) groups excluding carboxylic acids is 1. The molecule has 1 saturated heterocycles. The molecule has 2 N–H and O–H groups in total. The summed E-state index contributed by atoms with van der Waals surface area (Å²) < 4.78 is 7.10. The van der Waals surface area contributed by atoms with E-state index in [1.165, 1.54) is 0 Å². The molecule has 1 atom stereocenters. The maximum absolute atomic E-state index is 12.9. The van der Waals surface area contributed by atoms with Gasteiger partial charge in [0.15, 0.2) is 5.65 Å². The molecule has 140 valence electrons. The van der Waals surface area contributed by atoms with Crippen LogP contribution < -0.4 is 10.5 Å². The van der Waals surface area contributed by atoms with Gasteiger partial charge in [-0.05, 0) is 36.8 Å². The van der Waals surface area contributed by atoms with E-state index in [4.69, 9.17) is 15.6 Å². The summed E-state index contributed by atoms with van der Waals surface area (Å²) in [5, 5.41) is 5.82. The average molecular weight is 365 g/mol. The summed E-state index contributed by atoms with van der Waals surface area (Å²) in [6.07, 6.45) is 2.66. The number of rotatable bonds is 5. The number of hydrogen-bond donors (Lipinski definition) is 1. The Kier molecular flexibility index (Phi) is 4.77. The Bertz CT molecular complexity index is 968. The lowest BCUT2D eigenvalue weighted by molar-refractivity contribution is 0.0790. The summed E-state index contributed by atoms with van der Waals surface area (Å²) in [6.45, 7) is 2.51. The third-order valence-corrected chi connectivity index (χ3v) is 5.06. The molecule has 1 aromatic carbocycles. The molecule has 3 heterocycles. The predicted molar refractivity (Wildman–Crippen MR) is 103 cm³/mol. The molecule has 1 aliphatic heterocycles. The van der Waals surface area contributed by atoms with Gasteiger partial charge in [-0.25, -0.2) is 9.67 Å². The van der Waals surface area contributed by atoms with E-state index in [1.54, 1.807) is 19.4 Å². The topological polar surface area (TPSA) is 86.3 Å². The van der Waals surface area contributed by atoms with Crippen LogP contribution in [0.15, 0.2) is 42.6 Å². The molecule has 0 aliphatic carbocycles. The van der Waals surface area contributed by atoms with Crippen molar-refractivity contribution < 1.29 is 9.53 Å². The zero-order valence-corrected chi connectivity index (χ0v) is 15.3. The minimum atomic E-state index is 0.0280. The van der Waals surface area contributed by atoms with Crippen molar-refractivity contribution in [2.75, 3.05) is 26.7 Å². The number of fused-ring (bicyclic) bond motifs is 1. The van der Waals surface area contributed by atoms with E-state index in [2.05, 4.69) is 4.98 Å². The quantitative estimate of drug-likeness (QED) is 0.748. The van der Waals surface area contributed by atoms with E-state index in [1.807, 2.05) is 39.9 Å². The maximum atomic E-state index is 12.9. The molecule has 0 bridgehead atoms. The van der Waals surface area contributed by atoms with Gasteiger partial charge < -0.3 is 15.4 Å². The van der Waals surface area contributed by atoms with Crippen LogP contribution in [0.25, 0.3) is 11.0 Å². The molecule has 1 fully saturated rings. The molecule has 2 aromatic heterocycles. The standard InChI is InChI=1S/C20H23N5O2/c1-27-16-5-2-4-14(12-16)20(26)24-10-7-15(13-24)18-17-6-3-9-22-19(17)25(23-18)11-8-21/h2-6,9,12,15H,7-8,10-11,13,21H2,1H3/t15-/m0/s1. The minimum absolute atomic E-state index is 0.0280. The second kappa shape index (κ2) is 7.36. The molecule has 27 heavy (non-hydrogen) atoms. The fourth-order valence-electron chi connectivity index (χ4n) is 3.72. The summed E-state index contributed by atoms with van der Waals surface area (Å²) in [5.41, 5.74) is 8.22. The number of nitrogens with zero attached hydrogens (tertiary/aromatic N) is 4. The van der Waals surface area contributed by atoms with Crippen molar-refractivity contribution >= 4 is 16.9 Å². The monoisotopic (exact) mass is 365 g/mol. The molecule has 1 amide bonds.